The molecule has 12 heteroatoms. The Kier molecular flexibility index (Phi) is 5.95. The molecule has 168 valence electrons. The second kappa shape index (κ2) is 9.50. The van der Waals surface area contributed by atoms with E-state index in [1.807, 2.05) is 30.3 Å². The number of hydrogen-bond donors (Lipinski definition) is 0. The lowest BCUT2D eigenvalue weighted by molar-refractivity contribution is -0.384. The molecular weight excluding hydrogens is 456 g/mol. The van der Waals surface area contributed by atoms with Gasteiger partial charge >= 0.3 is 0 Å². The zero-order chi connectivity index (χ0) is 23.3. The van der Waals surface area contributed by atoms with Gasteiger partial charge in [0, 0.05) is 23.4 Å². The van der Waals surface area contributed by atoms with E-state index in [1.165, 1.54) is 28.6 Å². The molecule has 0 unspecified atom stereocenters. The summed E-state index contributed by atoms with van der Waals surface area (Å²) in [6.45, 7) is 0. The van der Waals surface area contributed by atoms with Gasteiger partial charge in [0.2, 0.25) is 5.16 Å². The van der Waals surface area contributed by atoms with Crippen LogP contribution < -0.4 is 0 Å². The predicted octanol–water partition coefficient (Wildman–Crippen LogP) is 4.20. The molecule has 0 aliphatic rings. The normalized spacial score (nSPS) is 11.3. The molecule has 0 amide bonds. The van der Waals surface area contributed by atoms with E-state index in [4.69, 9.17) is 4.42 Å². The summed E-state index contributed by atoms with van der Waals surface area (Å²) in [6, 6.07) is 19.4. The van der Waals surface area contributed by atoms with Gasteiger partial charge in [0.05, 0.1) is 35.0 Å². The minimum Gasteiger partial charge on any atom is -0.463 e. The van der Waals surface area contributed by atoms with Crippen LogP contribution in [0.2, 0.25) is 0 Å². The van der Waals surface area contributed by atoms with Gasteiger partial charge in [0.25, 0.3) is 5.69 Å². The number of benzene rings is 2. The van der Waals surface area contributed by atoms with Gasteiger partial charge in [-0.2, -0.15) is 9.78 Å². The molecular formula is C22H16N8O3S. The molecule has 5 rings (SSSR count). The largest absolute Gasteiger partial charge is 0.463 e. The molecule has 0 bridgehead atoms. The van der Waals surface area contributed by atoms with Gasteiger partial charge in [-0.05, 0) is 18.2 Å². The summed E-state index contributed by atoms with van der Waals surface area (Å²) in [6.07, 6.45) is 4.89. The van der Waals surface area contributed by atoms with Crippen LogP contribution in [-0.4, -0.2) is 41.0 Å². The Morgan fingerprint density at radius 2 is 1.94 bits per heavy atom. The van der Waals surface area contributed by atoms with Crippen LogP contribution >= 0.6 is 11.8 Å². The van der Waals surface area contributed by atoms with E-state index >= 15 is 0 Å². The lowest BCUT2D eigenvalue weighted by Gasteiger charge is -2.03. The molecule has 3 aromatic heterocycles. The molecule has 34 heavy (non-hydrogen) atoms. The van der Waals surface area contributed by atoms with Crippen molar-refractivity contribution < 1.29 is 9.34 Å². The van der Waals surface area contributed by atoms with E-state index in [0.29, 0.717) is 33.9 Å². The molecule has 0 saturated heterocycles. The lowest BCUT2D eigenvalue weighted by Crippen LogP contribution is -1.97. The summed E-state index contributed by atoms with van der Waals surface area (Å²) in [5, 5.41) is 33.0. The Hall–Kier alpha value is -4.58. The maximum Gasteiger partial charge on any atom is 0.271 e. The second-order valence-electron chi connectivity index (χ2n) is 6.96. The standard InChI is InChI=1S/C22H16N8O3S/c31-30(32)19-9-4-8-18(12-19)28-14-17(24-27-28)15-34-22-26-25-21(16-6-2-1-3-7-16)29(22)23-13-20-10-5-11-33-20/h1-14H,15H2/b23-13+. The summed E-state index contributed by atoms with van der Waals surface area (Å²) in [5.74, 6) is 1.63. The third kappa shape index (κ3) is 4.61. The van der Waals surface area contributed by atoms with Gasteiger partial charge in [-0.25, -0.2) is 4.68 Å². The number of non-ortho nitro benzene ring substituents is 1. The number of aromatic nitrogens is 6. The summed E-state index contributed by atoms with van der Waals surface area (Å²) < 4.78 is 8.49. The first kappa shape index (κ1) is 21.3. The van der Waals surface area contributed by atoms with Crippen molar-refractivity contribution in [2.75, 3.05) is 0 Å². The first-order chi connectivity index (χ1) is 16.7. The van der Waals surface area contributed by atoms with E-state index in [-0.39, 0.29) is 5.69 Å². The third-order valence-corrected chi connectivity index (χ3v) is 5.64. The summed E-state index contributed by atoms with van der Waals surface area (Å²) in [4.78, 5) is 10.6. The topological polar surface area (TPSA) is 130 Å². The van der Waals surface area contributed by atoms with Crippen molar-refractivity contribution >= 4 is 23.7 Å². The van der Waals surface area contributed by atoms with E-state index in [2.05, 4.69) is 25.6 Å². The Labute approximate surface area is 196 Å². The van der Waals surface area contributed by atoms with E-state index in [9.17, 15) is 10.1 Å². The fraction of sp³-hybridized carbons (Fsp3) is 0.0455. The fourth-order valence-corrected chi connectivity index (χ4v) is 3.85. The van der Waals surface area contributed by atoms with Gasteiger partial charge in [-0.3, -0.25) is 10.1 Å². The van der Waals surface area contributed by atoms with Crippen LogP contribution in [0.5, 0.6) is 0 Å². The van der Waals surface area contributed by atoms with Gasteiger partial charge in [-0.15, -0.1) is 15.3 Å². The second-order valence-corrected chi connectivity index (χ2v) is 7.91. The average Bonchev–Trinajstić information content (AvgIpc) is 3.63. The molecule has 0 aliphatic heterocycles. The third-order valence-electron chi connectivity index (χ3n) is 4.68. The maximum atomic E-state index is 11.0. The first-order valence-corrected chi connectivity index (χ1v) is 11.0. The highest BCUT2D eigenvalue weighted by Gasteiger charge is 2.15. The number of hydrogen-bond acceptors (Lipinski definition) is 9. The highest BCUT2D eigenvalue weighted by atomic mass is 32.2. The molecule has 0 fully saturated rings. The molecule has 5 aromatic rings. The molecule has 0 radical (unpaired) electrons. The van der Waals surface area contributed by atoms with Crippen LogP contribution in [0.15, 0.2) is 93.9 Å². The van der Waals surface area contributed by atoms with Crippen molar-refractivity contribution in [3.05, 3.63) is 101 Å². The highest BCUT2D eigenvalue weighted by Crippen LogP contribution is 2.26. The number of thioether (sulfide) groups is 1. The van der Waals surface area contributed by atoms with E-state index in [1.54, 1.807) is 47.6 Å². The Bertz CT molecular complexity index is 1440. The number of nitrogens with zero attached hydrogens (tertiary/aromatic N) is 8. The molecule has 3 heterocycles. The number of nitro benzene ring substituents is 1. The molecule has 0 atom stereocenters. The van der Waals surface area contributed by atoms with Gasteiger partial charge in [0.15, 0.2) is 5.82 Å². The van der Waals surface area contributed by atoms with Crippen LogP contribution in [0.25, 0.3) is 17.1 Å². The van der Waals surface area contributed by atoms with Crippen LogP contribution in [0.1, 0.15) is 11.5 Å². The molecule has 0 N–H and O–H groups in total. The number of rotatable bonds is 8. The summed E-state index contributed by atoms with van der Waals surface area (Å²) in [5.41, 5.74) is 2.08. The van der Waals surface area contributed by atoms with Crippen LogP contribution in [-0.2, 0) is 5.75 Å². The summed E-state index contributed by atoms with van der Waals surface area (Å²) in [7, 11) is 0. The highest BCUT2D eigenvalue weighted by molar-refractivity contribution is 7.98. The Morgan fingerprint density at radius 3 is 2.74 bits per heavy atom. The Morgan fingerprint density at radius 1 is 1.06 bits per heavy atom. The predicted molar refractivity (Wildman–Crippen MR) is 125 cm³/mol. The minimum absolute atomic E-state index is 0.0140. The molecule has 0 saturated carbocycles. The van der Waals surface area contributed by atoms with Gasteiger partial charge in [0.1, 0.15) is 5.76 Å². The molecule has 11 nitrogen and oxygen atoms in total. The van der Waals surface area contributed by atoms with Gasteiger partial charge in [-0.1, -0.05) is 53.4 Å². The zero-order valence-corrected chi connectivity index (χ0v) is 18.3. The fourth-order valence-electron chi connectivity index (χ4n) is 3.08. The number of nitro groups is 1. The van der Waals surface area contributed by atoms with E-state index < -0.39 is 4.92 Å². The smallest absolute Gasteiger partial charge is 0.271 e. The maximum absolute atomic E-state index is 11.0. The molecule has 0 aliphatic carbocycles. The van der Waals surface area contributed by atoms with Crippen molar-refractivity contribution in [2.45, 2.75) is 10.9 Å². The minimum atomic E-state index is -0.447. The number of furan rings is 1. The quantitative estimate of drug-likeness (QED) is 0.142. The van der Waals surface area contributed by atoms with Crippen molar-refractivity contribution in [1.82, 2.24) is 29.9 Å². The van der Waals surface area contributed by atoms with Crippen LogP contribution in [0.3, 0.4) is 0 Å². The molecule has 0 spiro atoms. The lowest BCUT2D eigenvalue weighted by atomic mass is 10.2. The van der Waals surface area contributed by atoms with Crippen LogP contribution in [0, 0.1) is 10.1 Å². The van der Waals surface area contributed by atoms with Crippen LogP contribution in [0.4, 0.5) is 5.69 Å². The van der Waals surface area contributed by atoms with Crippen molar-refractivity contribution in [3.63, 3.8) is 0 Å². The summed E-state index contributed by atoms with van der Waals surface area (Å²) >= 11 is 1.39. The Balaban J connectivity index is 1.38. The van der Waals surface area contributed by atoms with Crippen molar-refractivity contribution in [1.29, 1.82) is 0 Å². The SMILES string of the molecule is O=[N+]([O-])c1cccc(-n2cc(CSc3nnc(-c4ccccc4)n3/N=C/c3ccco3)nn2)c1. The monoisotopic (exact) mass is 472 g/mol. The van der Waals surface area contributed by atoms with E-state index in [0.717, 1.165) is 5.56 Å². The zero-order valence-electron chi connectivity index (χ0n) is 17.5. The molecule has 2 aromatic carbocycles. The first-order valence-electron chi connectivity index (χ1n) is 10.0. The van der Waals surface area contributed by atoms with Crippen molar-refractivity contribution in [2.24, 2.45) is 5.10 Å². The van der Waals surface area contributed by atoms with Gasteiger partial charge < -0.3 is 4.42 Å². The van der Waals surface area contributed by atoms with Crippen molar-refractivity contribution in [3.8, 4) is 17.1 Å². The average molecular weight is 472 g/mol.